The molecule has 1 heterocycles. The van der Waals surface area contributed by atoms with Gasteiger partial charge in [0.05, 0.1) is 13.2 Å². The first-order chi connectivity index (χ1) is 10.8. The van der Waals surface area contributed by atoms with Crippen molar-refractivity contribution in [1.29, 1.82) is 0 Å². The summed E-state index contributed by atoms with van der Waals surface area (Å²) >= 11 is 0. The Labute approximate surface area is 156 Å². The molecule has 1 aromatic carbocycles. The molecule has 3 rings (SSSR count). The van der Waals surface area contributed by atoms with Crippen molar-refractivity contribution in [3.05, 3.63) is 29.8 Å². The first-order valence-corrected chi connectivity index (χ1v) is 8.58. The third-order valence-corrected chi connectivity index (χ3v) is 4.49. The minimum atomic E-state index is 0. The van der Waals surface area contributed by atoms with Crippen molar-refractivity contribution < 1.29 is 4.74 Å². The summed E-state index contributed by atoms with van der Waals surface area (Å²) in [6.07, 6.45) is 7.67. The van der Waals surface area contributed by atoms with Gasteiger partial charge in [-0.25, -0.2) is 4.99 Å². The summed E-state index contributed by atoms with van der Waals surface area (Å²) in [6, 6.07) is 8.18. The lowest BCUT2D eigenvalue weighted by Crippen LogP contribution is -2.38. The third-order valence-electron chi connectivity index (χ3n) is 4.49. The monoisotopic (exact) mass is 429 g/mol. The number of para-hydroxylation sites is 1. The van der Waals surface area contributed by atoms with Crippen LogP contribution < -0.4 is 10.5 Å². The van der Waals surface area contributed by atoms with Gasteiger partial charge in [-0.15, -0.1) is 24.0 Å². The highest BCUT2D eigenvalue weighted by molar-refractivity contribution is 14.0. The summed E-state index contributed by atoms with van der Waals surface area (Å²) in [4.78, 5) is 6.83. The Morgan fingerprint density at radius 3 is 2.52 bits per heavy atom. The number of ether oxygens (including phenoxy) is 1. The molecule has 0 unspecified atom stereocenters. The molecule has 23 heavy (non-hydrogen) atoms. The molecule has 0 atom stereocenters. The van der Waals surface area contributed by atoms with Crippen molar-refractivity contribution in [3.63, 3.8) is 0 Å². The van der Waals surface area contributed by atoms with Crippen LogP contribution in [0, 0.1) is 5.92 Å². The highest BCUT2D eigenvalue weighted by atomic mass is 127. The fraction of sp³-hybridized carbons (Fsp3) is 0.611. The fourth-order valence-electron chi connectivity index (χ4n) is 2.83. The topological polar surface area (TPSA) is 50.9 Å². The summed E-state index contributed by atoms with van der Waals surface area (Å²) in [7, 11) is 0. The van der Waals surface area contributed by atoms with E-state index < -0.39 is 0 Å². The van der Waals surface area contributed by atoms with E-state index in [9.17, 15) is 0 Å². The van der Waals surface area contributed by atoms with Crippen LogP contribution in [0.25, 0.3) is 0 Å². The number of benzene rings is 1. The molecule has 1 aliphatic carbocycles. The minimum absolute atomic E-state index is 0. The van der Waals surface area contributed by atoms with Gasteiger partial charge in [-0.3, -0.25) is 0 Å². The molecule has 128 valence electrons. The predicted molar refractivity (Wildman–Crippen MR) is 105 cm³/mol. The lowest BCUT2D eigenvalue weighted by atomic mass is 10.2. The van der Waals surface area contributed by atoms with E-state index in [4.69, 9.17) is 10.5 Å². The van der Waals surface area contributed by atoms with Crippen molar-refractivity contribution in [2.24, 2.45) is 16.6 Å². The van der Waals surface area contributed by atoms with E-state index in [1.807, 2.05) is 18.2 Å². The van der Waals surface area contributed by atoms with Gasteiger partial charge < -0.3 is 15.4 Å². The van der Waals surface area contributed by atoms with Crippen molar-refractivity contribution in [2.45, 2.75) is 45.1 Å². The van der Waals surface area contributed by atoms with Gasteiger partial charge in [0.1, 0.15) is 5.75 Å². The highest BCUT2D eigenvalue weighted by Gasteiger charge is 2.22. The molecule has 1 saturated carbocycles. The maximum absolute atomic E-state index is 6.18. The van der Waals surface area contributed by atoms with Crippen LogP contribution in [0.3, 0.4) is 0 Å². The average Bonchev–Trinajstić information content (AvgIpc) is 3.37. The first-order valence-electron chi connectivity index (χ1n) is 8.58. The maximum Gasteiger partial charge on any atom is 0.191 e. The van der Waals surface area contributed by atoms with E-state index in [1.54, 1.807) is 0 Å². The second-order valence-electron chi connectivity index (χ2n) is 6.44. The summed E-state index contributed by atoms with van der Waals surface area (Å²) in [5, 5.41) is 0. The highest BCUT2D eigenvalue weighted by Crippen LogP contribution is 2.30. The lowest BCUT2D eigenvalue weighted by Gasteiger charge is -2.21. The molecule has 0 radical (unpaired) electrons. The Morgan fingerprint density at radius 2 is 1.83 bits per heavy atom. The van der Waals surface area contributed by atoms with Crippen LogP contribution in [0.4, 0.5) is 0 Å². The van der Waals surface area contributed by atoms with Gasteiger partial charge in [-0.05, 0) is 37.7 Å². The Morgan fingerprint density at radius 1 is 1.13 bits per heavy atom. The molecule has 5 heteroatoms. The Balaban J connectivity index is 0.00000192. The van der Waals surface area contributed by atoms with Crippen LogP contribution in [0.1, 0.15) is 44.1 Å². The quantitative estimate of drug-likeness (QED) is 0.440. The lowest BCUT2D eigenvalue weighted by molar-refractivity contribution is 0.297. The molecule has 0 bridgehead atoms. The molecule has 2 aliphatic rings. The van der Waals surface area contributed by atoms with Gasteiger partial charge in [0.25, 0.3) is 0 Å². The molecular weight excluding hydrogens is 401 g/mol. The second kappa shape index (κ2) is 9.35. The molecular formula is C18H28IN3O. The van der Waals surface area contributed by atoms with Crippen molar-refractivity contribution >= 4 is 29.9 Å². The molecule has 0 aromatic heterocycles. The molecule has 4 nitrogen and oxygen atoms in total. The summed E-state index contributed by atoms with van der Waals surface area (Å²) < 4.78 is 5.94. The zero-order chi connectivity index (χ0) is 15.2. The Bertz CT molecular complexity index is 509. The average molecular weight is 429 g/mol. The largest absolute Gasteiger partial charge is 0.493 e. The Hall–Kier alpha value is -0.980. The number of rotatable bonds is 5. The van der Waals surface area contributed by atoms with Gasteiger partial charge in [0, 0.05) is 18.7 Å². The summed E-state index contributed by atoms with van der Waals surface area (Å²) in [5.74, 6) is 2.40. The van der Waals surface area contributed by atoms with Gasteiger partial charge >= 0.3 is 0 Å². The number of guanidine groups is 1. The smallest absolute Gasteiger partial charge is 0.191 e. The van der Waals surface area contributed by atoms with Crippen LogP contribution in [0.2, 0.25) is 0 Å². The van der Waals surface area contributed by atoms with Crippen LogP contribution in [0.15, 0.2) is 29.3 Å². The molecule has 2 N–H and O–H groups in total. The number of halogens is 1. The van der Waals surface area contributed by atoms with Gasteiger partial charge in [-0.1, -0.05) is 31.0 Å². The van der Waals surface area contributed by atoms with Crippen LogP contribution in [0.5, 0.6) is 5.75 Å². The Kier molecular flexibility index (Phi) is 7.46. The van der Waals surface area contributed by atoms with Crippen molar-refractivity contribution in [2.75, 3.05) is 19.7 Å². The van der Waals surface area contributed by atoms with E-state index in [0.717, 1.165) is 36.9 Å². The molecule has 0 spiro atoms. The molecule has 1 aliphatic heterocycles. The van der Waals surface area contributed by atoms with Crippen LogP contribution >= 0.6 is 24.0 Å². The van der Waals surface area contributed by atoms with Crippen molar-refractivity contribution in [1.82, 2.24) is 4.90 Å². The third kappa shape index (κ3) is 5.86. The molecule has 1 aromatic rings. The van der Waals surface area contributed by atoms with Gasteiger partial charge in [0.15, 0.2) is 5.96 Å². The number of hydrogen-bond donors (Lipinski definition) is 1. The van der Waals surface area contributed by atoms with Crippen LogP contribution in [-0.4, -0.2) is 30.6 Å². The summed E-state index contributed by atoms with van der Waals surface area (Å²) in [6.45, 7) is 3.51. The fourth-order valence-corrected chi connectivity index (χ4v) is 2.83. The minimum Gasteiger partial charge on any atom is -0.493 e. The maximum atomic E-state index is 6.18. The number of likely N-dealkylation sites (tertiary alicyclic amines) is 1. The molecule has 0 amide bonds. The number of hydrogen-bond acceptors (Lipinski definition) is 2. The predicted octanol–water partition coefficient (Wildman–Crippen LogP) is 3.78. The first kappa shape index (κ1) is 18.4. The molecule has 1 saturated heterocycles. The van der Waals surface area contributed by atoms with Crippen LogP contribution in [-0.2, 0) is 6.54 Å². The van der Waals surface area contributed by atoms with E-state index >= 15 is 0 Å². The normalized spacial score (nSPS) is 19.0. The number of nitrogens with zero attached hydrogens (tertiary/aromatic N) is 2. The summed E-state index contributed by atoms with van der Waals surface area (Å²) in [5.41, 5.74) is 7.31. The number of nitrogens with two attached hydrogens (primary N) is 1. The SMILES string of the molecule is I.NC(=NCc1ccccc1OCC1CC1)N1CCCCCC1. The van der Waals surface area contributed by atoms with Gasteiger partial charge in [-0.2, -0.15) is 0 Å². The zero-order valence-electron chi connectivity index (χ0n) is 13.7. The molecule has 2 fully saturated rings. The van der Waals surface area contributed by atoms with E-state index in [-0.39, 0.29) is 24.0 Å². The van der Waals surface area contributed by atoms with E-state index in [0.29, 0.717) is 12.5 Å². The van der Waals surface area contributed by atoms with E-state index in [2.05, 4.69) is 16.0 Å². The second-order valence-corrected chi connectivity index (χ2v) is 6.44. The van der Waals surface area contributed by atoms with Gasteiger partial charge in [0.2, 0.25) is 0 Å². The standard InChI is InChI=1S/C18H27N3O.HI/c19-18(21-11-5-1-2-6-12-21)20-13-16-7-3-4-8-17(16)22-14-15-9-10-15;/h3-4,7-8,15H,1-2,5-6,9-14H2,(H2,19,20);1H. The zero-order valence-corrected chi connectivity index (χ0v) is 16.1. The van der Waals surface area contributed by atoms with E-state index in [1.165, 1.54) is 38.5 Å². The van der Waals surface area contributed by atoms with Crippen molar-refractivity contribution in [3.8, 4) is 5.75 Å². The number of aliphatic imine (C=N–C) groups is 1.